The van der Waals surface area contributed by atoms with E-state index in [0.29, 0.717) is 11.0 Å². The summed E-state index contributed by atoms with van der Waals surface area (Å²) in [4.78, 5) is 11.2. The zero-order valence-corrected chi connectivity index (χ0v) is 11.1. The Hall–Kier alpha value is -1.51. The number of hydrogen-bond acceptors (Lipinski definition) is 2. The summed E-state index contributed by atoms with van der Waals surface area (Å²) in [5, 5.41) is 12.5. The van der Waals surface area contributed by atoms with Gasteiger partial charge in [-0.2, -0.15) is 0 Å². The number of benzene rings is 1. The van der Waals surface area contributed by atoms with Crippen LogP contribution in [0, 0.1) is 12.3 Å². The van der Waals surface area contributed by atoms with E-state index >= 15 is 0 Å². The number of aromatic carboxylic acids is 1. The van der Waals surface area contributed by atoms with Crippen LogP contribution in [0.3, 0.4) is 0 Å². The Labute approximate surface area is 108 Å². The Balaban J connectivity index is 2.08. The average Bonchev–Trinajstić information content (AvgIpc) is 3.07. The van der Waals surface area contributed by atoms with E-state index in [-0.39, 0.29) is 0 Å². The maximum absolute atomic E-state index is 11.2. The molecule has 18 heavy (non-hydrogen) atoms. The highest BCUT2D eigenvalue weighted by molar-refractivity contribution is 5.94. The summed E-state index contributed by atoms with van der Waals surface area (Å²) in [6.07, 6.45) is 4.96. The number of aryl methyl sites for hydroxylation is 1. The molecule has 0 atom stereocenters. The van der Waals surface area contributed by atoms with Crippen molar-refractivity contribution in [1.82, 2.24) is 0 Å². The van der Waals surface area contributed by atoms with E-state index in [9.17, 15) is 4.79 Å². The molecule has 0 unspecified atom stereocenters. The third kappa shape index (κ3) is 2.84. The van der Waals surface area contributed by atoms with Crippen LogP contribution in [-0.4, -0.2) is 17.6 Å². The van der Waals surface area contributed by atoms with Crippen LogP contribution in [-0.2, 0) is 0 Å². The summed E-state index contributed by atoms with van der Waals surface area (Å²) in [6.45, 7) is 5.08. The van der Waals surface area contributed by atoms with Gasteiger partial charge in [0.2, 0.25) is 0 Å². The molecule has 0 aromatic heterocycles. The van der Waals surface area contributed by atoms with E-state index in [4.69, 9.17) is 5.11 Å². The van der Waals surface area contributed by atoms with E-state index in [0.717, 1.165) is 17.8 Å². The SMILES string of the molecule is CCCC1(CNc2cc(C)ccc2C(=O)O)CC1. The molecule has 2 rings (SSSR count). The van der Waals surface area contributed by atoms with Crippen molar-refractivity contribution in [2.24, 2.45) is 5.41 Å². The van der Waals surface area contributed by atoms with Gasteiger partial charge in [-0.3, -0.25) is 0 Å². The van der Waals surface area contributed by atoms with Crippen LogP contribution in [0.2, 0.25) is 0 Å². The molecule has 3 nitrogen and oxygen atoms in total. The number of rotatable bonds is 6. The van der Waals surface area contributed by atoms with Crippen molar-refractivity contribution in [2.45, 2.75) is 39.5 Å². The van der Waals surface area contributed by atoms with Crippen LogP contribution < -0.4 is 5.32 Å². The summed E-state index contributed by atoms with van der Waals surface area (Å²) in [6, 6.07) is 5.44. The van der Waals surface area contributed by atoms with Crippen LogP contribution in [0.4, 0.5) is 5.69 Å². The van der Waals surface area contributed by atoms with Gasteiger partial charge in [0.1, 0.15) is 0 Å². The Kier molecular flexibility index (Phi) is 3.60. The average molecular weight is 247 g/mol. The molecule has 1 aliphatic rings. The Morgan fingerprint density at radius 2 is 2.17 bits per heavy atom. The van der Waals surface area contributed by atoms with E-state index in [1.165, 1.54) is 25.7 Å². The van der Waals surface area contributed by atoms with Crippen LogP contribution >= 0.6 is 0 Å². The van der Waals surface area contributed by atoms with Crippen molar-refractivity contribution in [1.29, 1.82) is 0 Å². The van der Waals surface area contributed by atoms with Gasteiger partial charge in [0.25, 0.3) is 0 Å². The zero-order valence-electron chi connectivity index (χ0n) is 11.1. The molecule has 0 bridgehead atoms. The summed E-state index contributed by atoms with van der Waals surface area (Å²) in [5.74, 6) is -0.863. The highest BCUT2D eigenvalue weighted by Crippen LogP contribution is 2.49. The smallest absolute Gasteiger partial charge is 0.337 e. The fourth-order valence-electron chi connectivity index (χ4n) is 2.50. The number of hydrogen-bond donors (Lipinski definition) is 2. The number of carboxylic acids is 1. The Bertz CT molecular complexity index is 450. The van der Waals surface area contributed by atoms with E-state index < -0.39 is 5.97 Å². The molecular weight excluding hydrogens is 226 g/mol. The summed E-state index contributed by atoms with van der Waals surface area (Å²) < 4.78 is 0. The fourth-order valence-corrected chi connectivity index (χ4v) is 2.50. The largest absolute Gasteiger partial charge is 0.478 e. The lowest BCUT2D eigenvalue weighted by Gasteiger charge is -2.17. The van der Waals surface area contributed by atoms with Gasteiger partial charge in [-0.05, 0) is 49.3 Å². The first-order chi connectivity index (χ1) is 8.56. The first-order valence-electron chi connectivity index (χ1n) is 6.64. The molecule has 0 heterocycles. The molecule has 1 aromatic carbocycles. The van der Waals surface area contributed by atoms with Gasteiger partial charge in [-0.15, -0.1) is 0 Å². The highest BCUT2D eigenvalue weighted by Gasteiger charge is 2.41. The van der Waals surface area contributed by atoms with E-state index in [1.54, 1.807) is 6.07 Å². The second-order valence-electron chi connectivity index (χ2n) is 5.46. The van der Waals surface area contributed by atoms with Gasteiger partial charge < -0.3 is 10.4 Å². The van der Waals surface area contributed by atoms with Gasteiger partial charge in [0.15, 0.2) is 0 Å². The lowest BCUT2D eigenvalue weighted by Crippen LogP contribution is -2.17. The van der Waals surface area contributed by atoms with Crippen molar-refractivity contribution in [3.05, 3.63) is 29.3 Å². The summed E-state index contributed by atoms with van der Waals surface area (Å²) >= 11 is 0. The van der Waals surface area contributed by atoms with Crippen LogP contribution in [0.25, 0.3) is 0 Å². The zero-order chi connectivity index (χ0) is 13.2. The predicted molar refractivity (Wildman–Crippen MR) is 73.2 cm³/mol. The maximum Gasteiger partial charge on any atom is 0.337 e. The van der Waals surface area contributed by atoms with Gasteiger partial charge in [0, 0.05) is 12.2 Å². The minimum atomic E-state index is -0.863. The molecule has 2 N–H and O–H groups in total. The van der Waals surface area contributed by atoms with Gasteiger partial charge in [-0.1, -0.05) is 19.4 Å². The second kappa shape index (κ2) is 5.01. The molecule has 1 fully saturated rings. The minimum absolute atomic E-state index is 0.368. The predicted octanol–water partition coefficient (Wildman–Crippen LogP) is 3.69. The van der Waals surface area contributed by atoms with Crippen molar-refractivity contribution in [2.75, 3.05) is 11.9 Å². The standard InChI is InChI=1S/C15H21NO2/c1-3-6-15(7-8-15)10-16-13-9-11(2)4-5-12(13)14(17)18/h4-5,9,16H,3,6-8,10H2,1-2H3,(H,17,18). The first-order valence-corrected chi connectivity index (χ1v) is 6.64. The molecule has 0 amide bonds. The molecular formula is C15H21NO2. The lowest BCUT2D eigenvalue weighted by atomic mass is 10.0. The first kappa shape index (κ1) is 12.9. The minimum Gasteiger partial charge on any atom is -0.478 e. The summed E-state index contributed by atoms with van der Waals surface area (Å²) in [5.41, 5.74) is 2.63. The fraction of sp³-hybridized carbons (Fsp3) is 0.533. The maximum atomic E-state index is 11.2. The number of anilines is 1. The second-order valence-corrected chi connectivity index (χ2v) is 5.46. The Morgan fingerprint density at radius 3 is 2.72 bits per heavy atom. The number of nitrogens with one attached hydrogen (secondary N) is 1. The molecule has 0 spiro atoms. The molecule has 1 saturated carbocycles. The third-order valence-corrected chi connectivity index (χ3v) is 3.80. The molecule has 0 radical (unpaired) electrons. The van der Waals surface area contributed by atoms with Crippen molar-refractivity contribution in [3.63, 3.8) is 0 Å². The van der Waals surface area contributed by atoms with E-state index in [2.05, 4.69) is 12.2 Å². The van der Waals surface area contributed by atoms with Crippen molar-refractivity contribution in [3.8, 4) is 0 Å². The van der Waals surface area contributed by atoms with Crippen LogP contribution in [0.15, 0.2) is 18.2 Å². The normalized spacial score (nSPS) is 16.3. The summed E-state index contributed by atoms with van der Waals surface area (Å²) in [7, 11) is 0. The lowest BCUT2D eigenvalue weighted by molar-refractivity contribution is 0.0698. The molecule has 1 aliphatic carbocycles. The van der Waals surface area contributed by atoms with Gasteiger partial charge in [0.05, 0.1) is 5.56 Å². The molecule has 0 saturated heterocycles. The number of carbonyl (C=O) groups is 1. The number of carboxylic acid groups (broad SMARTS) is 1. The van der Waals surface area contributed by atoms with Crippen molar-refractivity contribution < 1.29 is 9.90 Å². The van der Waals surface area contributed by atoms with Gasteiger partial charge >= 0.3 is 5.97 Å². The van der Waals surface area contributed by atoms with E-state index in [1.807, 2.05) is 19.1 Å². The van der Waals surface area contributed by atoms with Crippen LogP contribution in [0.1, 0.15) is 48.5 Å². The topological polar surface area (TPSA) is 49.3 Å². The Morgan fingerprint density at radius 1 is 1.44 bits per heavy atom. The van der Waals surface area contributed by atoms with Crippen molar-refractivity contribution >= 4 is 11.7 Å². The quantitative estimate of drug-likeness (QED) is 0.806. The molecule has 0 aliphatic heterocycles. The third-order valence-electron chi connectivity index (χ3n) is 3.80. The monoisotopic (exact) mass is 247 g/mol. The van der Waals surface area contributed by atoms with Crippen LogP contribution in [0.5, 0.6) is 0 Å². The molecule has 98 valence electrons. The molecule has 1 aromatic rings. The molecule has 3 heteroatoms. The highest BCUT2D eigenvalue weighted by atomic mass is 16.4. The van der Waals surface area contributed by atoms with Gasteiger partial charge in [-0.25, -0.2) is 4.79 Å².